The van der Waals surface area contributed by atoms with E-state index in [9.17, 15) is 0 Å². The molecular weight excluding hydrogens is 340 g/mol. The molecule has 0 atom stereocenters. The van der Waals surface area contributed by atoms with E-state index in [-0.39, 0.29) is 7.43 Å². The number of pyridine rings is 1. The highest BCUT2D eigenvalue weighted by Crippen LogP contribution is 2.38. The second-order valence-corrected chi connectivity index (χ2v) is 6.23. The zero-order valence-corrected chi connectivity index (χ0v) is 15.3. The minimum absolute atomic E-state index is 0. The van der Waals surface area contributed by atoms with Gasteiger partial charge in [0.15, 0.2) is 0 Å². The minimum Gasteiger partial charge on any atom is -0.478 e. The second-order valence-electron chi connectivity index (χ2n) is 6.23. The lowest BCUT2D eigenvalue weighted by Gasteiger charge is -2.11. The molecule has 3 aromatic heterocycles. The lowest BCUT2D eigenvalue weighted by Crippen LogP contribution is -1.97. The van der Waals surface area contributed by atoms with Crippen molar-refractivity contribution in [2.75, 3.05) is 6.61 Å². The van der Waals surface area contributed by atoms with Gasteiger partial charge in [-0.3, -0.25) is 0 Å². The van der Waals surface area contributed by atoms with E-state index in [0.717, 1.165) is 50.6 Å². The molecule has 0 radical (unpaired) electrons. The summed E-state index contributed by atoms with van der Waals surface area (Å²) in [6, 6.07) is 8.11. The molecule has 6 nitrogen and oxygen atoms in total. The maximum atomic E-state index is 5.75. The van der Waals surface area contributed by atoms with Gasteiger partial charge in [-0.15, -0.1) is 0 Å². The van der Waals surface area contributed by atoms with Crippen LogP contribution in [0.2, 0.25) is 0 Å². The summed E-state index contributed by atoms with van der Waals surface area (Å²) in [5.41, 5.74) is 6.63. The van der Waals surface area contributed by atoms with Gasteiger partial charge in [-0.1, -0.05) is 12.6 Å². The quantitative estimate of drug-likeness (QED) is 0.536. The lowest BCUT2D eigenvalue weighted by atomic mass is 9.97. The first-order valence-corrected chi connectivity index (χ1v) is 8.60. The zero-order chi connectivity index (χ0) is 18.3. The summed E-state index contributed by atoms with van der Waals surface area (Å²) in [6.45, 7) is 8.33. The zero-order valence-electron chi connectivity index (χ0n) is 15.3. The Morgan fingerprint density at radius 3 is 2.67 bits per heavy atom. The van der Waals surface area contributed by atoms with Crippen LogP contribution in [0, 0.1) is 20.8 Å². The van der Waals surface area contributed by atoms with Gasteiger partial charge in [-0.05, 0) is 57.5 Å². The summed E-state index contributed by atoms with van der Waals surface area (Å²) < 4.78 is 11.1. The first-order valence-electron chi connectivity index (χ1n) is 8.60. The number of nitrogens with zero attached hydrogens (tertiary/aromatic N) is 3. The Morgan fingerprint density at radius 1 is 1.15 bits per heavy atom. The maximum Gasteiger partial charge on any atom is 0.221 e. The summed E-state index contributed by atoms with van der Waals surface area (Å²) in [5.74, 6) is 2.26. The fourth-order valence-corrected chi connectivity index (χ4v) is 3.33. The Bertz CT molecular complexity index is 1080. The SMILES string of the molecule is C.CCOc1ncccc1-c1cc(-c2c(C)noc2C)cc2[nH]c(C)nc12. The van der Waals surface area contributed by atoms with Crippen molar-refractivity contribution in [2.45, 2.75) is 35.1 Å². The summed E-state index contributed by atoms with van der Waals surface area (Å²) in [5, 5.41) is 4.09. The van der Waals surface area contributed by atoms with Crippen LogP contribution < -0.4 is 4.74 Å². The number of aromatic amines is 1. The van der Waals surface area contributed by atoms with Crippen molar-refractivity contribution in [3.63, 3.8) is 0 Å². The number of aryl methyl sites for hydroxylation is 3. The highest BCUT2D eigenvalue weighted by Gasteiger charge is 2.18. The van der Waals surface area contributed by atoms with Crippen LogP contribution in [0.3, 0.4) is 0 Å². The van der Waals surface area contributed by atoms with E-state index < -0.39 is 0 Å². The monoisotopic (exact) mass is 364 g/mol. The maximum absolute atomic E-state index is 5.75. The largest absolute Gasteiger partial charge is 0.478 e. The summed E-state index contributed by atoms with van der Waals surface area (Å²) in [4.78, 5) is 12.4. The van der Waals surface area contributed by atoms with E-state index in [2.05, 4.69) is 32.2 Å². The molecule has 0 spiro atoms. The van der Waals surface area contributed by atoms with Gasteiger partial charge in [0.2, 0.25) is 5.88 Å². The van der Waals surface area contributed by atoms with Crippen molar-refractivity contribution < 1.29 is 9.26 Å². The third kappa shape index (κ3) is 3.18. The van der Waals surface area contributed by atoms with Crippen LogP contribution in [0.1, 0.15) is 31.6 Å². The average Bonchev–Trinajstić information content (AvgIpc) is 3.16. The molecule has 140 valence electrons. The highest BCUT2D eigenvalue weighted by molar-refractivity contribution is 5.97. The minimum atomic E-state index is 0. The first kappa shape index (κ1) is 18.6. The van der Waals surface area contributed by atoms with Crippen molar-refractivity contribution in [3.05, 3.63) is 47.7 Å². The van der Waals surface area contributed by atoms with Crippen molar-refractivity contribution in [2.24, 2.45) is 0 Å². The smallest absolute Gasteiger partial charge is 0.221 e. The Hall–Kier alpha value is -3.15. The summed E-state index contributed by atoms with van der Waals surface area (Å²) >= 11 is 0. The molecule has 0 unspecified atom stereocenters. The lowest BCUT2D eigenvalue weighted by molar-refractivity contribution is 0.328. The van der Waals surface area contributed by atoms with Gasteiger partial charge in [-0.25, -0.2) is 9.97 Å². The number of hydrogen-bond donors (Lipinski definition) is 1. The number of ether oxygens (including phenoxy) is 1. The summed E-state index contributed by atoms with van der Waals surface area (Å²) in [6.07, 6.45) is 1.74. The van der Waals surface area contributed by atoms with Gasteiger partial charge in [-0.2, -0.15) is 0 Å². The van der Waals surface area contributed by atoms with Crippen molar-refractivity contribution >= 4 is 11.0 Å². The van der Waals surface area contributed by atoms with Crippen LogP contribution in [0.25, 0.3) is 33.3 Å². The molecule has 4 rings (SSSR count). The molecule has 0 aliphatic heterocycles. The van der Waals surface area contributed by atoms with Gasteiger partial charge in [0.05, 0.1) is 23.3 Å². The number of hydrogen-bond acceptors (Lipinski definition) is 5. The molecule has 0 amide bonds. The molecule has 3 heterocycles. The van der Waals surface area contributed by atoms with E-state index in [1.165, 1.54) is 0 Å². The number of benzene rings is 1. The summed E-state index contributed by atoms with van der Waals surface area (Å²) in [7, 11) is 0. The fraction of sp³-hybridized carbons (Fsp3) is 0.286. The Labute approximate surface area is 158 Å². The molecule has 6 heteroatoms. The van der Waals surface area contributed by atoms with Crippen LogP contribution in [0.4, 0.5) is 0 Å². The number of fused-ring (bicyclic) bond motifs is 1. The van der Waals surface area contributed by atoms with Crippen molar-refractivity contribution in [1.82, 2.24) is 20.1 Å². The Morgan fingerprint density at radius 2 is 1.96 bits per heavy atom. The van der Waals surface area contributed by atoms with Crippen LogP contribution >= 0.6 is 0 Å². The first-order chi connectivity index (χ1) is 12.6. The second kappa shape index (κ2) is 7.23. The number of nitrogens with one attached hydrogen (secondary N) is 1. The van der Waals surface area contributed by atoms with Crippen LogP contribution in [0.15, 0.2) is 35.0 Å². The molecule has 1 aromatic carbocycles. The molecule has 0 fully saturated rings. The van der Waals surface area contributed by atoms with Gasteiger partial charge in [0, 0.05) is 22.9 Å². The number of H-pyrrole nitrogens is 1. The van der Waals surface area contributed by atoms with Gasteiger partial charge in [0.25, 0.3) is 0 Å². The normalized spacial score (nSPS) is 10.8. The predicted octanol–water partition coefficient (Wildman–Crippen LogP) is 5.24. The third-order valence-corrected chi connectivity index (χ3v) is 4.37. The van der Waals surface area contributed by atoms with E-state index >= 15 is 0 Å². The van der Waals surface area contributed by atoms with Gasteiger partial charge < -0.3 is 14.2 Å². The van der Waals surface area contributed by atoms with E-state index in [4.69, 9.17) is 9.26 Å². The third-order valence-electron chi connectivity index (χ3n) is 4.37. The molecule has 4 aromatic rings. The van der Waals surface area contributed by atoms with Gasteiger partial charge >= 0.3 is 0 Å². The molecule has 27 heavy (non-hydrogen) atoms. The van der Waals surface area contributed by atoms with Gasteiger partial charge in [0.1, 0.15) is 11.6 Å². The van der Waals surface area contributed by atoms with E-state index in [0.29, 0.717) is 12.5 Å². The molecular formula is C21H24N4O2. The molecule has 0 saturated heterocycles. The standard InChI is InChI=1S/C20H20N4O2.CH4/c1-5-25-20-15(7-6-8-21-20)16-9-14(18-11(2)24-26-12(18)3)10-17-19(16)23-13(4)22-17;/h6-10H,5H2,1-4H3,(H,22,23);1H4. The van der Waals surface area contributed by atoms with E-state index in [1.54, 1.807) is 6.20 Å². The topological polar surface area (TPSA) is 76.8 Å². The molecule has 0 aliphatic carbocycles. The molecule has 0 saturated carbocycles. The van der Waals surface area contributed by atoms with E-state index in [1.807, 2.05) is 39.8 Å². The molecule has 0 aliphatic rings. The number of imidazole rings is 1. The Balaban J connectivity index is 0.00000210. The molecule has 1 N–H and O–H groups in total. The highest BCUT2D eigenvalue weighted by atomic mass is 16.5. The van der Waals surface area contributed by atoms with Crippen LogP contribution in [-0.4, -0.2) is 26.7 Å². The van der Waals surface area contributed by atoms with Crippen LogP contribution in [0.5, 0.6) is 5.88 Å². The van der Waals surface area contributed by atoms with Crippen LogP contribution in [-0.2, 0) is 0 Å². The van der Waals surface area contributed by atoms with Crippen molar-refractivity contribution in [3.8, 4) is 28.1 Å². The van der Waals surface area contributed by atoms with Crippen molar-refractivity contribution in [1.29, 1.82) is 0 Å². The molecule has 0 bridgehead atoms. The fourth-order valence-electron chi connectivity index (χ4n) is 3.33. The Kier molecular flexibility index (Phi) is 4.99. The number of aromatic nitrogens is 4. The number of rotatable bonds is 4. The average molecular weight is 364 g/mol. The predicted molar refractivity (Wildman–Crippen MR) is 107 cm³/mol.